The quantitative estimate of drug-likeness (QED) is 0.457. The molecule has 0 radical (unpaired) electrons. The summed E-state index contributed by atoms with van der Waals surface area (Å²) in [6, 6.07) is 12.4. The highest BCUT2D eigenvalue weighted by Crippen LogP contribution is 2.34. The van der Waals surface area contributed by atoms with E-state index in [4.69, 9.17) is 9.47 Å². The van der Waals surface area contributed by atoms with E-state index in [9.17, 15) is 18.0 Å². The van der Waals surface area contributed by atoms with Crippen molar-refractivity contribution in [2.45, 2.75) is 6.18 Å². The Morgan fingerprint density at radius 2 is 1.61 bits per heavy atom. The number of hydrogen-bond acceptors (Lipinski definition) is 5. The van der Waals surface area contributed by atoms with Gasteiger partial charge in [-0.25, -0.2) is 4.79 Å². The minimum atomic E-state index is -4.57. The van der Waals surface area contributed by atoms with Crippen molar-refractivity contribution < 1.29 is 27.4 Å². The third-order valence-electron chi connectivity index (χ3n) is 4.84. The molecule has 0 atom stereocenters. The lowest BCUT2D eigenvalue weighted by Gasteiger charge is -2.27. The van der Waals surface area contributed by atoms with Gasteiger partial charge in [0, 0.05) is 48.8 Å². The number of carbonyl (C=O) groups excluding carboxylic acids is 1. The standard InChI is InChI=1S/C23H21F3N4O3/c24-23(25,26)16-9-18(11-21(10-16)32-14-15-12-28-13-15)30-22(31)29-17-1-3-19(4-2-17)33-20-5-7-27-8-6-20/h1-11,15,28H,12-14H2,(H2,29,30,31). The predicted molar refractivity (Wildman–Crippen MR) is 117 cm³/mol. The third-order valence-corrected chi connectivity index (χ3v) is 4.84. The van der Waals surface area contributed by atoms with E-state index in [2.05, 4.69) is 20.9 Å². The van der Waals surface area contributed by atoms with Crippen LogP contribution in [0.1, 0.15) is 5.56 Å². The fraction of sp³-hybridized carbons (Fsp3) is 0.217. The first-order valence-corrected chi connectivity index (χ1v) is 10.2. The zero-order valence-corrected chi connectivity index (χ0v) is 17.4. The van der Waals surface area contributed by atoms with E-state index >= 15 is 0 Å². The number of halogens is 3. The molecule has 10 heteroatoms. The second kappa shape index (κ2) is 9.78. The van der Waals surface area contributed by atoms with Crippen LogP contribution < -0.4 is 25.4 Å². The molecule has 1 aromatic heterocycles. The second-order valence-electron chi connectivity index (χ2n) is 7.47. The fourth-order valence-electron chi connectivity index (χ4n) is 3.04. The monoisotopic (exact) mass is 458 g/mol. The largest absolute Gasteiger partial charge is 0.493 e. The van der Waals surface area contributed by atoms with Crippen LogP contribution in [0, 0.1) is 5.92 Å². The third kappa shape index (κ3) is 6.36. The van der Waals surface area contributed by atoms with E-state index in [-0.39, 0.29) is 17.4 Å². The lowest BCUT2D eigenvalue weighted by molar-refractivity contribution is -0.137. The first-order valence-electron chi connectivity index (χ1n) is 10.2. The molecule has 4 rings (SSSR count). The van der Waals surface area contributed by atoms with Crippen LogP contribution in [0.2, 0.25) is 0 Å². The molecule has 2 heterocycles. The summed E-state index contributed by atoms with van der Waals surface area (Å²) < 4.78 is 51.0. The van der Waals surface area contributed by atoms with Gasteiger partial charge in [-0.1, -0.05) is 0 Å². The molecule has 0 spiro atoms. The van der Waals surface area contributed by atoms with E-state index in [1.54, 1.807) is 48.8 Å². The average molecular weight is 458 g/mol. The summed E-state index contributed by atoms with van der Waals surface area (Å²) >= 11 is 0. The van der Waals surface area contributed by atoms with Crippen LogP contribution in [0.4, 0.5) is 29.3 Å². The Morgan fingerprint density at radius 3 is 2.24 bits per heavy atom. The lowest BCUT2D eigenvalue weighted by Crippen LogP contribution is -2.45. The lowest BCUT2D eigenvalue weighted by atomic mass is 10.1. The number of nitrogens with zero attached hydrogens (tertiary/aromatic N) is 1. The molecular weight excluding hydrogens is 437 g/mol. The molecule has 7 nitrogen and oxygen atoms in total. The molecule has 0 unspecified atom stereocenters. The van der Waals surface area contributed by atoms with Gasteiger partial charge < -0.3 is 25.4 Å². The SMILES string of the molecule is O=C(Nc1ccc(Oc2ccncc2)cc1)Nc1cc(OCC2CNC2)cc(C(F)(F)F)c1. The van der Waals surface area contributed by atoms with Gasteiger partial charge in [0.15, 0.2) is 0 Å². The van der Waals surface area contributed by atoms with Crippen LogP contribution in [0.5, 0.6) is 17.2 Å². The van der Waals surface area contributed by atoms with Crippen LogP contribution in [0.3, 0.4) is 0 Å². The number of hydrogen-bond donors (Lipinski definition) is 3. The minimum Gasteiger partial charge on any atom is -0.493 e. The van der Waals surface area contributed by atoms with Gasteiger partial charge in [0.1, 0.15) is 17.2 Å². The van der Waals surface area contributed by atoms with Gasteiger partial charge in [0.25, 0.3) is 0 Å². The Balaban J connectivity index is 1.39. The number of rotatable bonds is 7. The minimum absolute atomic E-state index is 0.0262. The fourth-order valence-corrected chi connectivity index (χ4v) is 3.04. The maximum Gasteiger partial charge on any atom is 0.416 e. The summed E-state index contributed by atoms with van der Waals surface area (Å²) in [5.74, 6) is 1.46. The number of amides is 2. The maximum atomic E-state index is 13.3. The number of pyridine rings is 1. The number of aromatic nitrogens is 1. The number of benzene rings is 2. The number of ether oxygens (including phenoxy) is 2. The van der Waals surface area contributed by atoms with Crippen molar-refractivity contribution in [1.29, 1.82) is 0 Å². The molecule has 0 bridgehead atoms. The molecule has 2 aromatic carbocycles. The van der Waals surface area contributed by atoms with Gasteiger partial charge in [0.05, 0.1) is 12.2 Å². The molecule has 0 saturated carbocycles. The normalized spacial score (nSPS) is 13.7. The van der Waals surface area contributed by atoms with Crippen molar-refractivity contribution in [2.75, 3.05) is 30.3 Å². The Kier molecular flexibility index (Phi) is 6.64. The van der Waals surface area contributed by atoms with E-state index in [1.165, 1.54) is 6.07 Å². The first kappa shape index (κ1) is 22.4. The van der Waals surface area contributed by atoms with E-state index in [0.29, 0.717) is 23.8 Å². The Labute approximate surface area is 187 Å². The van der Waals surface area contributed by atoms with Crippen molar-refractivity contribution in [3.05, 3.63) is 72.6 Å². The molecule has 1 aliphatic heterocycles. The number of carbonyl (C=O) groups is 1. The summed E-state index contributed by atoms with van der Waals surface area (Å²) in [5.41, 5.74) is -0.489. The van der Waals surface area contributed by atoms with Gasteiger partial charge in [-0.2, -0.15) is 13.2 Å². The highest BCUT2D eigenvalue weighted by molar-refractivity contribution is 5.99. The molecule has 2 amide bonds. The van der Waals surface area contributed by atoms with Crippen molar-refractivity contribution in [1.82, 2.24) is 10.3 Å². The first-order chi connectivity index (χ1) is 15.8. The summed E-state index contributed by atoms with van der Waals surface area (Å²) in [6.07, 6.45) is -1.37. The zero-order valence-electron chi connectivity index (χ0n) is 17.4. The average Bonchev–Trinajstić information content (AvgIpc) is 2.74. The summed E-state index contributed by atoms with van der Waals surface area (Å²) in [5, 5.41) is 8.09. The van der Waals surface area contributed by atoms with Crippen molar-refractivity contribution in [2.24, 2.45) is 5.92 Å². The molecule has 1 saturated heterocycles. The van der Waals surface area contributed by atoms with Crippen molar-refractivity contribution in [3.63, 3.8) is 0 Å². The maximum absolute atomic E-state index is 13.3. The topological polar surface area (TPSA) is 84.5 Å². The van der Waals surface area contributed by atoms with E-state index in [1.807, 2.05) is 0 Å². The molecule has 172 valence electrons. The van der Waals surface area contributed by atoms with Crippen LogP contribution in [-0.4, -0.2) is 30.7 Å². The molecule has 3 N–H and O–H groups in total. The Hall–Kier alpha value is -3.79. The van der Waals surface area contributed by atoms with Crippen LogP contribution in [0.25, 0.3) is 0 Å². The zero-order chi connectivity index (χ0) is 23.3. The van der Waals surface area contributed by atoms with Crippen LogP contribution in [-0.2, 0) is 6.18 Å². The molecule has 33 heavy (non-hydrogen) atoms. The summed E-state index contributed by atoms with van der Waals surface area (Å²) in [6.45, 7) is 1.82. The highest BCUT2D eigenvalue weighted by atomic mass is 19.4. The van der Waals surface area contributed by atoms with Gasteiger partial charge >= 0.3 is 12.2 Å². The Morgan fingerprint density at radius 1 is 0.939 bits per heavy atom. The van der Waals surface area contributed by atoms with Gasteiger partial charge in [-0.05, 0) is 48.5 Å². The smallest absolute Gasteiger partial charge is 0.416 e. The molecule has 3 aromatic rings. The Bertz CT molecular complexity index is 1090. The van der Waals surface area contributed by atoms with Gasteiger partial charge in [-0.15, -0.1) is 0 Å². The predicted octanol–water partition coefficient (Wildman–Crippen LogP) is 5.13. The summed E-state index contributed by atoms with van der Waals surface area (Å²) in [4.78, 5) is 16.3. The van der Waals surface area contributed by atoms with Gasteiger partial charge in [-0.3, -0.25) is 4.98 Å². The van der Waals surface area contributed by atoms with Crippen LogP contribution >= 0.6 is 0 Å². The van der Waals surface area contributed by atoms with E-state index < -0.39 is 17.8 Å². The highest BCUT2D eigenvalue weighted by Gasteiger charge is 2.32. The molecule has 1 aliphatic rings. The molecule has 0 aliphatic carbocycles. The van der Waals surface area contributed by atoms with Crippen molar-refractivity contribution in [3.8, 4) is 17.2 Å². The number of urea groups is 1. The summed E-state index contributed by atoms with van der Waals surface area (Å²) in [7, 11) is 0. The van der Waals surface area contributed by atoms with E-state index in [0.717, 1.165) is 25.2 Å². The number of alkyl halides is 3. The molecule has 1 fully saturated rings. The van der Waals surface area contributed by atoms with Crippen molar-refractivity contribution >= 4 is 17.4 Å². The van der Waals surface area contributed by atoms with Crippen LogP contribution in [0.15, 0.2) is 67.0 Å². The number of anilines is 2. The number of nitrogens with one attached hydrogen (secondary N) is 3. The van der Waals surface area contributed by atoms with Gasteiger partial charge in [0.2, 0.25) is 0 Å². The second-order valence-corrected chi connectivity index (χ2v) is 7.47. The molecular formula is C23H21F3N4O3.